The third-order valence-corrected chi connectivity index (χ3v) is 11.0. The van der Waals surface area contributed by atoms with Crippen LogP contribution in [0.2, 0.25) is 0 Å². The van der Waals surface area contributed by atoms with Crippen molar-refractivity contribution in [2.45, 2.75) is 44.6 Å². The zero-order chi connectivity index (χ0) is 29.4. The lowest BCUT2D eigenvalue weighted by Gasteiger charge is -2.49. The van der Waals surface area contributed by atoms with Gasteiger partial charge in [0.25, 0.3) is 0 Å². The van der Waals surface area contributed by atoms with Gasteiger partial charge in [-0.3, -0.25) is 0 Å². The van der Waals surface area contributed by atoms with Crippen molar-refractivity contribution in [1.82, 2.24) is 0 Å². The second kappa shape index (κ2) is 9.15. The normalized spacial score (nSPS) is 22.3. The number of para-hydroxylation sites is 3. The van der Waals surface area contributed by atoms with Crippen molar-refractivity contribution in [3.05, 3.63) is 168 Å². The van der Waals surface area contributed by atoms with Gasteiger partial charge in [0.05, 0.1) is 22.2 Å². The zero-order valence-corrected chi connectivity index (χ0v) is 25.2. The molecule has 1 aromatic heterocycles. The second-order valence-corrected chi connectivity index (χ2v) is 12.4. The number of fused-ring (bicyclic) bond motifs is 10. The van der Waals surface area contributed by atoms with Gasteiger partial charge in [0.2, 0.25) is 5.69 Å². The number of anilines is 3. The topological polar surface area (TPSA) is 7.12 Å². The first-order valence-corrected chi connectivity index (χ1v) is 15.6. The molecule has 2 unspecified atom stereocenters. The van der Waals surface area contributed by atoms with E-state index in [4.69, 9.17) is 0 Å². The fraction of sp³-hybridized carbons (Fsp3) is 0.195. The molecule has 8 rings (SSSR count). The van der Waals surface area contributed by atoms with E-state index < -0.39 is 5.41 Å². The zero-order valence-electron chi connectivity index (χ0n) is 25.2. The van der Waals surface area contributed by atoms with Crippen molar-refractivity contribution < 1.29 is 4.57 Å². The van der Waals surface area contributed by atoms with Gasteiger partial charge >= 0.3 is 0 Å². The molecule has 2 atom stereocenters. The lowest BCUT2D eigenvalue weighted by molar-refractivity contribution is -0.769. The summed E-state index contributed by atoms with van der Waals surface area (Å²) in [4.78, 5) is 2.46. The largest absolute Gasteiger partial charge is 0.310 e. The van der Waals surface area contributed by atoms with Gasteiger partial charge in [0.15, 0.2) is 11.7 Å². The van der Waals surface area contributed by atoms with Gasteiger partial charge in [-0.05, 0) is 77.6 Å². The maximum atomic E-state index is 4.51. The number of aromatic nitrogens is 1. The van der Waals surface area contributed by atoms with Gasteiger partial charge in [-0.1, -0.05) is 99.3 Å². The molecule has 0 saturated heterocycles. The Morgan fingerprint density at radius 3 is 1.86 bits per heavy atom. The highest BCUT2D eigenvalue weighted by atomic mass is 15.2. The Labute approximate surface area is 255 Å². The molecule has 0 bridgehead atoms. The molecule has 4 aromatic carbocycles. The molecule has 0 amide bonds. The summed E-state index contributed by atoms with van der Waals surface area (Å²) in [7, 11) is 0. The summed E-state index contributed by atoms with van der Waals surface area (Å²) in [6, 6.07) is 45.0. The lowest BCUT2D eigenvalue weighted by atomic mass is 9.56. The average molecular weight is 558 g/mol. The van der Waals surface area contributed by atoms with Gasteiger partial charge < -0.3 is 4.90 Å². The molecule has 5 aromatic rings. The van der Waals surface area contributed by atoms with Crippen LogP contribution in [0.1, 0.15) is 61.6 Å². The molecule has 0 radical (unpaired) electrons. The van der Waals surface area contributed by atoms with Crippen molar-refractivity contribution in [3.63, 3.8) is 0 Å². The van der Waals surface area contributed by atoms with E-state index in [0.29, 0.717) is 0 Å². The van der Waals surface area contributed by atoms with E-state index in [-0.39, 0.29) is 11.0 Å². The van der Waals surface area contributed by atoms with Crippen LogP contribution in [0.3, 0.4) is 0 Å². The lowest BCUT2D eigenvalue weighted by Crippen LogP contribution is -2.67. The van der Waals surface area contributed by atoms with Gasteiger partial charge in [-0.15, -0.1) is 0 Å². The van der Waals surface area contributed by atoms with E-state index in [1.54, 1.807) is 0 Å². The van der Waals surface area contributed by atoms with Crippen LogP contribution in [0.25, 0.3) is 11.1 Å². The quantitative estimate of drug-likeness (QED) is 0.158. The highest BCUT2D eigenvalue weighted by Gasteiger charge is 2.66. The molecule has 1 aliphatic carbocycles. The van der Waals surface area contributed by atoms with Crippen LogP contribution in [0.5, 0.6) is 0 Å². The number of allylic oxidation sites excluding steroid dienone is 3. The third kappa shape index (κ3) is 2.96. The Morgan fingerprint density at radius 2 is 1.23 bits per heavy atom. The van der Waals surface area contributed by atoms with Crippen LogP contribution in [-0.4, -0.2) is 0 Å². The van der Waals surface area contributed by atoms with Crippen molar-refractivity contribution in [2.24, 2.45) is 5.41 Å². The first-order valence-electron chi connectivity index (χ1n) is 15.6. The Balaban J connectivity index is 1.60. The monoisotopic (exact) mass is 557 g/mol. The number of hydrogen-bond donors (Lipinski definition) is 0. The molecule has 2 aliphatic heterocycles. The van der Waals surface area contributed by atoms with E-state index in [1.807, 2.05) is 0 Å². The van der Waals surface area contributed by atoms with Crippen LogP contribution in [0.4, 0.5) is 17.1 Å². The highest BCUT2D eigenvalue weighted by Crippen LogP contribution is 2.70. The van der Waals surface area contributed by atoms with Crippen molar-refractivity contribution in [3.8, 4) is 0 Å². The van der Waals surface area contributed by atoms with E-state index in [9.17, 15) is 0 Å². The molecule has 3 aliphatic rings. The SMILES string of the molecule is C=CC1(CC)[n+]2ccccc2C2=C(c3ccccc3C23c2ccccc2N(c2ccccc2)c2ccccc23)C1(C)CC. The molecule has 3 heterocycles. The molecule has 0 N–H and O–H groups in total. The summed E-state index contributed by atoms with van der Waals surface area (Å²) in [6.07, 6.45) is 6.49. The molecule has 0 saturated carbocycles. The van der Waals surface area contributed by atoms with Crippen LogP contribution < -0.4 is 9.47 Å². The van der Waals surface area contributed by atoms with E-state index in [0.717, 1.165) is 12.8 Å². The predicted molar refractivity (Wildman–Crippen MR) is 178 cm³/mol. The maximum Gasteiger partial charge on any atom is 0.211 e. The van der Waals surface area contributed by atoms with Crippen LogP contribution in [0.15, 0.2) is 140 Å². The summed E-state index contributed by atoms with van der Waals surface area (Å²) < 4.78 is 2.56. The maximum absolute atomic E-state index is 4.51. The fourth-order valence-corrected chi connectivity index (χ4v) is 9.03. The Morgan fingerprint density at radius 1 is 0.651 bits per heavy atom. The molecular weight excluding hydrogens is 520 g/mol. The third-order valence-electron chi connectivity index (χ3n) is 11.0. The van der Waals surface area contributed by atoms with E-state index in [1.165, 1.54) is 56.2 Å². The molecular formula is C41H37N2+. The van der Waals surface area contributed by atoms with Gasteiger partial charge in [-0.25, -0.2) is 0 Å². The highest BCUT2D eigenvalue weighted by molar-refractivity contribution is 6.10. The fourth-order valence-electron chi connectivity index (χ4n) is 9.03. The summed E-state index contributed by atoms with van der Waals surface area (Å²) in [5.74, 6) is 0. The second-order valence-electron chi connectivity index (χ2n) is 12.4. The molecule has 210 valence electrons. The number of pyridine rings is 1. The number of benzene rings is 4. The molecule has 0 fully saturated rings. The minimum atomic E-state index is -0.481. The standard InChI is InChI=1S/C41H37N2/c1-5-39(4)37-30-21-11-12-22-31(30)41(38(37)36-27-17-18-28-42(36)40(39,6-2)7-3)32-23-13-15-25-34(32)43(29-19-9-8-10-20-29)35-26-16-14-24-33(35)41/h6,8-28H,2,5,7H2,1,3-4H3/q+1. The summed E-state index contributed by atoms with van der Waals surface area (Å²) in [6.45, 7) is 11.7. The van der Waals surface area contributed by atoms with Gasteiger partial charge in [-0.2, -0.15) is 4.57 Å². The molecule has 2 heteroatoms. The van der Waals surface area contributed by atoms with Crippen LogP contribution in [0, 0.1) is 5.41 Å². The minimum Gasteiger partial charge on any atom is -0.310 e. The Kier molecular flexibility index (Phi) is 5.53. The van der Waals surface area contributed by atoms with Gasteiger partial charge in [0, 0.05) is 29.8 Å². The van der Waals surface area contributed by atoms with E-state index >= 15 is 0 Å². The van der Waals surface area contributed by atoms with Crippen molar-refractivity contribution in [1.29, 1.82) is 0 Å². The molecule has 43 heavy (non-hydrogen) atoms. The predicted octanol–water partition coefficient (Wildman–Crippen LogP) is 9.74. The molecule has 2 nitrogen and oxygen atoms in total. The smallest absolute Gasteiger partial charge is 0.211 e. The minimum absolute atomic E-state index is 0.183. The first-order chi connectivity index (χ1) is 21.1. The Bertz CT molecular complexity index is 1900. The summed E-state index contributed by atoms with van der Waals surface area (Å²) >= 11 is 0. The summed E-state index contributed by atoms with van der Waals surface area (Å²) in [5, 5.41) is 0. The Hall–Kier alpha value is -4.69. The number of nitrogens with zero attached hydrogens (tertiary/aromatic N) is 2. The summed E-state index contributed by atoms with van der Waals surface area (Å²) in [5.41, 5.74) is 12.3. The van der Waals surface area contributed by atoms with Crippen LogP contribution >= 0.6 is 0 Å². The van der Waals surface area contributed by atoms with E-state index in [2.05, 4.69) is 170 Å². The first kappa shape index (κ1) is 26.0. The van der Waals surface area contributed by atoms with Crippen molar-refractivity contribution in [2.75, 3.05) is 4.90 Å². The molecule has 1 spiro atoms. The average Bonchev–Trinajstić information content (AvgIpc) is 3.38. The number of hydrogen-bond acceptors (Lipinski definition) is 1. The van der Waals surface area contributed by atoms with Crippen LogP contribution in [-0.2, 0) is 11.0 Å². The number of rotatable bonds is 4. The van der Waals surface area contributed by atoms with Gasteiger partial charge in [0.1, 0.15) is 0 Å². The van der Waals surface area contributed by atoms with Crippen molar-refractivity contribution >= 4 is 28.2 Å².